The Labute approximate surface area is 115 Å². The van der Waals surface area contributed by atoms with Gasteiger partial charge in [-0.2, -0.15) is 0 Å². The highest BCUT2D eigenvalue weighted by Gasteiger charge is 2.10. The second-order valence-electron chi connectivity index (χ2n) is 3.89. The van der Waals surface area contributed by atoms with Crippen LogP contribution in [0.3, 0.4) is 0 Å². The molecular formula is C14H11Cl2FO. The molecule has 2 aromatic carbocycles. The summed E-state index contributed by atoms with van der Waals surface area (Å²) in [6.45, 7) is 1.88. The smallest absolute Gasteiger partial charge is 0.184 e. The third-order valence-corrected chi connectivity index (χ3v) is 3.14. The van der Waals surface area contributed by atoms with Crippen LogP contribution in [0, 0.1) is 12.7 Å². The Morgan fingerprint density at radius 3 is 2.67 bits per heavy atom. The lowest BCUT2D eigenvalue weighted by Gasteiger charge is -2.11. The van der Waals surface area contributed by atoms with E-state index < -0.39 is 5.82 Å². The van der Waals surface area contributed by atoms with Crippen molar-refractivity contribution in [1.29, 1.82) is 0 Å². The minimum atomic E-state index is -0.560. The molecule has 0 amide bonds. The quantitative estimate of drug-likeness (QED) is 0.693. The first-order chi connectivity index (χ1) is 8.61. The highest BCUT2D eigenvalue weighted by Crippen LogP contribution is 2.31. The minimum Gasteiger partial charge on any atom is -0.454 e. The fraction of sp³-hybridized carbons (Fsp3) is 0.143. The van der Waals surface area contributed by atoms with E-state index in [9.17, 15) is 4.39 Å². The van der Waals surface area contributed by atoms with Gasteiger partial charge in [0, 0.05) is 5.88 Å². The highest BCUT2D eigenvalue weighted by atomic mass is 35.5. The maximum absolute atomic E-state index is 13.7. The van der Waals surface area contributed by atoms with Crippen molar-refractivity contribution in [3.05, 3.63) is 58.4 Å². The number of halogens is 3. The van der Waals surface area contributed by atoms with Gasteiger partial charge in [-0.3, -0.25) is 0 Å². The Balaban J connectivity index is 2.36. The third-order valence-electron chi connectivity index (χ3n) is 2.54. The van der Waals surface area contributed by atoms with E-state index in [0.29, 0.717) is 11.6 Å². The number of ether oxygens (including phenoxy) is 1. The summed E-state index contributed by atoms with van der Waals surface area (Å²) in [5, 5.41) is 0.0404. The Morgan fingerprint density at radius 2 is 1.94 bits per heavy atom. The molecule has 0 heterocycles. The van der Waals surface area contributed by atoms with Crippen LogP contribution in [0.4, 0.5) is 4.39 Å². The molecule has 2 rings (SSSR count). The molecule has 0 saturated carbocycles. The molecule has 2 aromatic rings. The molecule has 0 radical (unpaired) electrons. The molecular weight excluding hydrogens is 274 g/mol. The molecule has 0 aliphatic heterocycles. The molecule has 0 atom stereocenters. The predicted octanol–water partition coefficient (Wildman–Crippen LogP) is 5.32. The van der Waals surface area contributed by atoms with Crippen LogP contribution in [0.1, 0.15) is 11.1 Å². The van der Waals surface area contributed by atoms with E-state index in [1.54, 1.807) is 12.1 Å². The van der Waals surface area contributed by atoms with Gasteiger partial charge in [-0.15, -0.1) is 11.6 Å². The summed E-state index contributed by atoms with van der Waals surface area (Å²) < 4.78 is 19.3. The molecule has 0 spiro atoms. The zero-order valence-corrected chi connectivity index (χ0v) is 11.2. The molecule has 0 aromatic heterocycles. The van der Waals surface area contributed by atoms with Gasteiger partial charge in [0.15, 0.2) is 11.6 Å². The number of benzene rings is 2. The van der Waals surface area contributed by atoms with Crippen molar-refractivity contribution >= 4 is 23.2 Å². The Hall–Kier alpha value is -1.25. The number of hydrogen-bond acceptors (Lipinski definition) is 1. The molecule has 0 fully saturated rings. The van der Waals surface area contributed by atoms with Gasteiger partial charge >= 0.3 is 0 Å². The molecule has 0 N–H and O–H groups in total. The number of hydrogen-bond donors (Lipinski definition) is 0. The van der Waals surface area contributed by atoms with Gasteiger partial charge in [0.2, 0.25) is 0 Å². The number of rotatable bonds is 3. The highest BCUT2D eigenvalue weighted by molar-refractivity contribution is 6.30. The van der Waals surface area contributed by atoms with Crippen molar-refractivity contribution in [2.24, 2.45) is 0 Å². The van der Waals surface area contributed by atoms with Gasteiger partial charge in [-0.1, -0.05) is 29.8 Å². The second kappa shape index (κ2) is 5.59. The van der Waals surface area contributed by atoms with Crippen LogP contribution in [-0.4, -0.2) is 0 Å². The van der Waals surface area contributed by atoms with E-state index in [2.05, 4.69) is 0 Å². The fourth-order valence-corrected chi connectivity index (χ4v) is 1.85. The Morgan fingerprint density at radius 1 is 1.17 bits per heavy atom. The summed E-state index contributed by atoms with van der Waals surface area (Å²) in [4.78, 5) is 0. The lowest BCUT2D eigenvalue weighted by atomic mass is 10.1. The molecule has 0 aliphatic rings. The first-order valence-electron chi connectivity index (χ1n) is 5.39. The van der Waals surface area contributed by atoms with Crippen LogP contribution in [0.5, 0.6) is 11.5 Å². The van der Waals surface area contributed by atoms with Crippen LogP contribution in [0.2, 0.25) is 5.02 Å². The minimum absolute atomic E-state index is 0.0404. The molecule has 1 nitrogen and oxygen atoms in total. The van der Waals surface area contributed by atoms with Crippen LogP contribution in [0.25, 0.3) is 0 Å². The second-order valence-corrected chi connectivity index (χ2v) is 4.56. The molecule has 0 unspecified atom stereocenters. The van der Waals surface area contributed by atoms with Crippen molar-refractivity contribution in [2.45, 2.75) is 12.8 Å². The molecule has 0 bridgehead atoms. The van der Waals surface area contributed by atoms with Gasteiger partial charge in [-0.25, -0.2) is 4.39 Å². The molecule has 0 aliphatic carbocycles. The van der Waals surface area contributed by atoms with Gasteiger partial charge in [0.1, 0.15) is 5.75 Å². The van der Waals surface area contributed by atoms with Crippen molar-refractivity contribution in [3.63, 3.8) is 0 Å². The normalized spacial score (nSPS) is 10.4. The Kier molecular flexibility index (Phi) is 4.10. The maximum atomic E-state index is 13.7. The van der Waals surface area contributed by atoms with E-state index in [-0.39, 0.29) is 10.8 Å². The third kappa shape index (κ3) is 2.77. The number of aryl methyl sites for hydroxylation is 1. The van der Waals surface area contributed by atoms with Crippen LogP contribution < -0.4 is 4.74 Å². The van der Waals surface area contributed by atoms with Crippen molar-refractivity contribution < 1.29 is 9.13 Å². The van der Waals surface area contributed by atoms with Crippen LogP contribution in [0.15, 0.2) is 36.4 Å². The fourth-order valence-electron chi connectivity index (χ4n) is 1.52. The van der Waals surface area contributed by atoms with Crippen molar-refractivity contribution in [3.8, 4) is 11.5 Å². The lowest BCUT2D eigenvalue weighted by molar-refractivity contribution is 0.439. The van der Waals surface area contributed by atoms with E-state index in [0.717, 1.165) is 11.1 Å². The van der Waals surface area contributed by atoms with Crippen molar-refractivity contribution in [1.82, 2.24) is 0 Å². The summed E-state index contributed by atoms with van der Waals surface area (Å²) in [7, 11) is 0. The zero-order chi connectivity index (χ0) is 13.1. The molecule has 18 heavy (non-hydrogen) atoms. The first-order valence-corrected chi connectivity index (χ1v) is 6.30. The Bertz CT molecular complexity index is 570. The standard InChI is InChI=1S/C14H11Cl2FO/c1-9-5-6-10(8-15)7-13(9)18-12-4-2-3-11(16)14(12)17/h2-7H,8H2,1H3. The SMILES string of the molecule is Cc1ccc(CCl)cc1Oc1cccc(Cl)c1F. The molecule has 94 valence electrons. The summed E-state index contributed by atoms with van der Waals surface area (Å²) in [6.07, 6.45) is 0. The van der Waals surface area contributed by atoms with Gasteiger partial charge in [0.05, 0.1) is 5.02 Å². The summed E-state index contributed by atoms with van der Waals surface area (Å²) >= 11 is 11.5. The summed E-state index contributed by atoms with van der Waals surface area (Å²) in [6, 6.07) is 10.2. The van der Waals surface area contributed by atoms with E-state index >= 15 is 0 Å². The van der Waals surface area contributed by atoms with E-state index in [1.807, 2.05) is 19.1 Å². The monoisotopic (exact) mass is 284 g/mol. The van der Waals surface area contributed by atoms with Gasteiger partial charge in [0.25, 0.3) is 0 Å². The van der Waals surface area contributed by atoms with Gasteiger partial charge in [-0.05, 0) is 36.2 Å². The maximum Gasteiger partial charge on any atom is 0.184 e. The predicted molar refractivity (Wildman–Crippen MR) is 72.2 cm³/mol. The molecule has 0 saturated heterocycles. The first kappa shape index (κ1) is 13.2. The number of alkyl halides is 1. The van der Waals surface area contributed by atoms with Crippen LogP contribution >= 0.6 is 23.2 Å². The van der Waals surface area contributed by atoms with Gasteiger partial charge < -0.3 is 4.74 Å². The average molecular weight is 285 g/mol. The summed E-state index contributed by atoms with van der Waals surface area (Å²) in [5.74, 6) is 0.510. The van der Waals surface area contributed by atoms with Crippen molar-refractivity contribution in [2.75, 3.05) is 0 Å². The van der Waals surface area contributed by atoms with Crippen LogP contribution in [-0.2, 0) is 5.88 Å². The summed E-state index contributed by atoms with van der Waals surface area (Å²) in [5.41, 5.74) is 1.82. The van der Waals surface area contributed by atoms with E-state index in [1.165, 1.54) is 12.1 Å². The topological polar surface area (TPSA) is 9.23 Å². The largest absolute Gasteiger partial charge is 0.454 e. The lowest BCUT2D eigenvalue weighted by Crippen LogP contribution is -1.92. The zero-order valence-electron chi connectivity index (χ0n) is 9.71. The average Bonchev–Trinajstić information content (AvgIpc) is 2.37. The molecule has 4 heteroatoms. The van der Waals surface area contributed by atoms with E-state index in [4.69, 9.17) is 27.9 Å².